The Morgan fingerprint density at radius 1 is 1.40 bits per heavy atom. The van der Waals surface area contributed by atoms with E-state index in [-0.39, 0.29) is 17.6 Å². The number of hydrogen-bond acceptors (Lipinski definition) is 6. The fourth-order valence-electron chi connectivity index (χ4n) is 2.43. The quantitative estimate of drug-likeness (QED) is 0.540. The Morgan fingerprint density at radius 3 is 2.76 bits per heavy atom. The molecule has 3 rings (SSSR count). The van der Waals surface area contributed by atoms with E-state index in [1.165, 1.54) is 12.4 Å². The van der Waals surface area contributed by atoms with Crippen molar-refractivity contribution in [3.8, 4) is 0 Å². The summed E-state index contributed by atoms with van der Waals surface area (Å²) in [5.41, 5.74) is 0.872. The monoisotopic (exact) mass is 357 g/mol. The van der Waals surface area contributed by atoms with E-state index < -0.39 is 4.92 Å². The molecule has 1 amide bonds. The number of nitrogens with one attached hydrogen (secondary N) is 1. The SMILES string of the molecule is Cc1sc(C(=O)N[C@H](Cn2cncn2)c2ccccc2)cc1[N+](=O)[O-]. The second kappa shape index (κ2) is 7.22. The van der Waals surface area contributed by atoms with Crippen molar-refractivity contribution in [3.05, 3.63) is 74.5 Å². The van der Waals surface area contributed by atoms with Gasteiger partial charge in [-0.3, -0.25) is 19.6 Å². The minimum absolute atomic E-state index is 0.0392. The maximum absolute atomic E-state index is 12.6. The number of aryl methyl sites for hydroxylation is 1. The van der Waals surface area contributed by atoms with Crippen LogP contribution in [0.25, 0.3) is 0 Å². The highest BCUT2D eigenvalue weighted by molar-refractivity contribution is 7.14. The predicted molar refractivity (Wildman–Crippen MR) is 92.4 cm³/mol. The zero-order chi connectivity index (χ0) is 17.8. The highest BCUT2D eigenvalue weighted by Crippen LogP contribution is 2.28. The van der Waals surface area contributed by atoms with Crippen molar-refractivity contribution in [1.29, 1.82) is 0 Å². The summed E-state index contributed by atoms with van der Waals surface area (Å²) in [6.45, 7) is 2.03. The number of thiophene rings is 1. The molecule has 0 unspecified atom stereocenters. The molecule has 128 valence electrons. The van der Waals surface area contributed by atoms with Crippen molar-refractivity contribution in [3.63, 3.8) is 0 Å². The average Bonchev–Trinajstić information content (AvgIpc) is 3.24. The molecule has 9 heteroatoms. The van der Waals surface area contributed by atoms with Gasteiger partial charge in [0.1, 0.15) is 12.7 Å². The van der Waals surface area contributed by atoms with Crippen LogP contribution in [0, 0.1) is 17.0 Å². The number of aromatic nitrogens is 3. The van der Waals surface area contributed by atoms with Gasteiger partial charge in [-0.15, -0.1) is 11.3 Å². The Morgan fingerprint density at radius 2 is 2.16 bits per heavy atom. The molecule has 0 aliphatic rings. The Labute approximate surface area is 147 Å². The third kappa shape index (κ3) is 3.89. The smallest absolute Gasteiger partial charge is 0.283 e. The van der Waals surface area contributed by atoms with Crippen LogP contribution in [-0.4, -0.2) is 25.6 Å². The lowest BCUT2D eigenvalue weighted by Gasteiger charge is -2.18. The van der Waals surface area contributed by atoms with E-state index >= 15 is 0 Å². The second-order valence-electron chi connectivity index (χ2n) is 5.36. The minimum Gasteiger partial charge on any atom is -0.343 e. The number of amides is 1. The number of hydrogen-bond donors (Lipinski definition) is 1. The van der Waals surface area contributed by atoms with Gasteiger partial charge < -0.3 is 5.32 Å². The topological polar surface area (TPSA) is 103 Å². The van der Waals surface area contributed by atoms with Crippen LogP contribution >= 0.6 is 11.3 Å². The maximum atomic E-state index is 12.6. The molecule has 0 aliphatic carbocycles. The van der Waals surface area contributed by atoms with Crippen molar-refractivity contribution in [2.75, 3.05) is 0 Å². The van der Waals surface area contributed by atoms with Crippen LogP contribution in [0.15, 0.2) is 49.1 Å². The summed E-state index contributed by atoms with van der Waals surface area (Å²) in [6.07, 6.45) is 3.00. The van der Waals surface area contributed by atoms with Crippen LogP contribution in [0.3, 0.4) is 0 Å². The van der Waals surface area contributed by atoms with E-state index in [1.54, 1.807) is 17.9 Å². The van der Waals surface area contributed by atoms with E-state index in [2.05, 4.69) is 15.4 Å². The molecular formula is C16H15N5O3S. The van der Waals surface area contributed by atoms with E-state index in [9.17, 15) is 14.9 Å². The van der Waals surface area contributed by atoms with Crippen molar-refractivity contribution < 1.29 is 9.72 Å². The minimum atomic E-state index is -0.479. The largest absolute Gasteiger partial charge is 0.343 e. The van der Waals surface area contributed by atoms with Gasteiger partial charge >= 0.3 is 0 Å². The van der Waals surface area contributed by atoms with Gasteiger partial charge in [0.2, 0.25) is 0 Å². The first-order valence-corrected chi connectivity index (χ1v) is 8.29. The summed E-state index contributed by atoms with van der Waals surface area (Å²) in [7, 11) is 0. The summed E-state index contributed by atoms with van der Waals surface area (Å²) >= 11 is 1.11. The number of carbonyl (C=O) groups excluding carboxylic acids is 1. The van der Waals surface area contributed by atoms with Gasteiger partial charge in [-0.2, -0.15) is 5.10 Å². The van der Waals surface area contributed by atoms with Crippen LogP contribution in [0.2, 0.25) is 0 Å². The molecule has 8 nitrogen and oxygen atoms in total. The zero-order valence-electron chi connectivity index (χ0n) is 13.3. The summed E-state index contributed by atoms with van der Waals surface area (Å²) < 4.78 is 1.63. The van der Waals surface area contributed by atoms with Gasteiger partial charge in [-0.1, -0.05) is 30.3 Å². The molecule has 3 aromatic rings. The number of nitro groups is 1. The number of carbonyl (C=O) groups is 1. The maximum Gasteiger partial charge on any atom is 0.283 e. The predicted octanol–water partition coefficient (Wildman–Crippen LogP) is 2.73. The average molecular weight is 357 g/mol. The van der Waals surface area contributed by atoms with E-state index in [1.807, 2.05) is 30.3 Å². The molecule has 0 saturated carbocycles. The Balaban J connectivity index is 1.83. The fourth-order valence-corrected chi connectivity index (χ4v) is 3.32. The summed E-state index contributed by atoms with van der Waals surface area (Å²) in [5.74, 6) is -0.352. The lowest BCUT2D eigenvalue weighted by atomic mass is 10.1. The van der Waals surface area contributed by atoms with Crippen LogP contribution in [0.5, 0.6) is 0 Å². The van der Waals surface area contributed by atoms with Crippen LogP contribution in [0.4, 0.5) is 5.69 Å². The normalized spacial score (nSPS) is 11.9. The molecule has 1 atom stereocenters. The first-order valence-electron chi connectivity index (χ1n) is 7.47. The molecular weight excluding hydrogens is 342 g/mol. The molecule has 2 heterocycles. The first-order chi connectivity index (χ1) is 12.0. The van der Waals surface area contributed by atoms with Crippen LogP contribution in [-0.2, 0) is 6.54 Å². The highest BCUT2D eigenvalue weighted by atomic mass is 32.1. The van der Waals surface area contributed by atoms with E-state index in [0.29, 0.717) is 16.3 Å². The molecule has 0 spiro atoms. The van der Waals surface area contributed by atoms with Gasteiger partial charge in [0.05, 0.1) is 27.3 Å². The first kappa shape index (κ1) is 16.8. The summed E-state index contributed by atoms with van der Waals surface area (Å²) in [6, 6.07) is 10.5. The Kier molecular flexibility index (Phi) is 4.85. The molecule has 25 heavy (non-hydrogen) atoms. The standard InChI is InChI=1S/C16H15N5O3S/c1-11-14(21(23)24)7-15(25-11)16(22)19-13(8-20-10-17-9-18-20)12-5-3-2-4-6-12/h2-7,9-10,13H,8H2,1H3,(H,19,22)/t13-/m1/s1. The van der Waals surface area contributed by atoms with Gasteiger partial charge in [-0.05, 0) is 12.5 Å². The van der Waals surface area contributed by atoms with Crippen molar-refractivity contribution in [1.82, 2.24) is 20.1 Å². The molecule has 2 aromatic heterocycles. The fraction of sp³-hybridized carbons (Fsp3) is 0.188. The molecule has 1 N–H and O–H groups in total. The van der Waals surface area contributed by atoms with E-state index in [0.717, 1.165) is 16.9 Å². The van der Waals surface area contributed by atoms with Gasteiger partial charge in [0.25, 0.3) is 11.6 Å². The van der Waals surface area contributed by atoms with Gasteiger partial charge in [0.15, 0.2) is 0 Å². The molecule has 0 fully saturated rings. The molecule has 0 bridgehead atoms. The van der Waals surface area contributed by atoms with E-state index in [4.69, 9.17) is 0 Å². The van der Waals surface area contributed by atoms with Crippen molar-refractivity contribution in [2.45, 2.75) is 19.5 Å². The Bertz CT molecular complexity index is 877. The molecule has 0 aliphatic heterocycles. The third-order valence-electron chi connectivity index (χ3n) is 3.66. The lowest BCUT2D eigenvalue weighted by Crippen LogP contribution is -2.31. The number of benzene rings is 1. The Hall–Kier alpha value is -3.07. The van der Waals surface area contributed by atoms with Crippen molar-refractivity contribution in [2.24, 2.45) is 0 Å². The number of rotatable bonds is 6. The highest BCUT2D eigenvalue weighted by Gasteiger charge is 2.22. The zero-order valence-corrected chi connectivity index (χ0v) is 14.1. The summed E-state index contributed by atoms with van der Waals surface area (Å²) in [4.78, 5) is 27.8. The van der Waals surface area contributed by atoms with Crippen molar-refractivity contribution >= 4 is 22.9 Å². The van der Waals surface area contributed by atoms with Gasteiger partial charge in [0, 0.05) is 6.07 Å². The molecule has 0 radical (unpaired) electrons. The number of nitrogens with zero attached hydrogens (tertiary/aromatic N) is 4. The molecule has 0 saturated heterocycles. The summed E-state index contributed by atoms with van der Waals surface area (Å²) in [5, 5.41) is 18.0. The third-order valence-corrected chi connectivity index (χ3v) is 4.69. The molecule has 1 aromatic carbocycles. The van der Waals surface area contributed by atoms with Crippen LogP contribution in [0.1, 0.15) is 26.2 Å². The second-order valence-corrected chi connectivity index (χ2v) is 6.62. The van der Waals surface area contributed by atoms with Gasteiger partial charge in [-0.25, -0.2) is 4.98 Å². The lowest BCUT2D eigenvalue weighted by molar-refractivity contribution is -0.385. The van der Waals surface area contributed by atoms with Crippen LogP contribution < -0.4 is 5.32 Å².